The largest absolute Gasteiger partial charge is 0.390 e. The van der Waals surface area contributed by atoms with E-state index in [2.05, 4.69) is 159 Å². The molecule has 41 heavy (non-hydrogen) atoms. The third kappa shape index (κ3) is 16.0. The van der Waals surface area contributed by atoms with Gasteiger partial charge in [-0.2, -0.15) is 0 Å². The molecule has 1 aliphatic rings. The maximum atomic E-state index is 10.8. The minimum Gasteiger partial charge on any atom is -0.390 e. The van der Waals surface area contributed by atoms with Crippen LogP contribution in [0.5, 0.6) is 0 Å². The van der Waals surface area contributed by atoms with Crippen LogP contribution in [0.4, 0.5) is 0 Å². The van der Waals surface area contributed by atoms with Crippen LogP contribution in [0.3, 0.4) is 0 Å². The lowest BCUT2D eigenvalue weighted by molar-refractivity contribution is 0.0331. The Bertz CT molecular complexity index is 1190. The Balaban J connectivity index is 2.59. The first-order valence-electron chi connectivity index (χ1n) is 15.1. The van der Waals surface area contributed by atoms with Gasteiger partial charge in [-0.25, -0.2) is 0 Å². The molecule has 1 N–H and O–H groups in total. The lowest BCUT2D eigenvalue weighted by Crippen LogP contribution is -2.30. The van der Waals surface area contributed by atoms with Crippen molar-refractivity contribution in [3.8, 4) is 0 Å². The summed E-state index contributed by atoms with van der Waals surface area (Å²) in [6.07, 6.45) is 38.2. The van der Waals surface area contributed by atoms with E-state index in [-0.39, 0.29) is 5.92 Å². The molecule has 0 aliphatic heterocycles. The minimum atomic E-state index is -0.653. The van der Waals surface area contributed by atoms with Crippen LogP contribution in [-0.4, -0.2) is 10.7 Å². The van der Waals surface area contributed by atoms with Crippen LogP contribution in [0.2, 0.25) is 0 Å². The summed E-state index contributed by atoms with van der Waals surface area (Å²) in [6, 6.07) is 0. The van der Waals surface area contributed by atoms with Crippen molar-refractivity contribution in [1.29, 1.82) is 0 Å². The molecule has 0 heterocycles. The second-order valence-corrected chi connectivity index (χ2v) is 12.2. The number of aliphatic hydroxyl groups is 1. The van der Waals surface area contributed by atoms with Gasteiger partial charge in [0.05, 0.1) is 5.60 Å². The van der Waals surface area contributed by atoms with Crippen LogP contribution >= 0.6 is 0 Å². The zero-order chi connectivity index (χ0) is 30.8. The summed E-state index contributed by atoms with van der Waals surface area (Å²) in [5, 5.41) is 10.8. The molecule has 0 spiro atoms. The Morgan fingerprint density at radius 1 is 0.707 bits per heavy atom. The summed E-state index contributed by atoms with van der Waals surface area (Å²) in [7, 11) is 0. The van der Waals surface area contributed by atoms with Gasteiger partial charge in [-0.1, -0.05) is 143 Å². The molecule has 222 valence electrons. The molecule has 1 heteroatoms. The SMILES string of the molecule is C=C(C)[C@H]1CC[C@](C)(O)[C@H]1/C=C/C(C)=C/C=C/C(C)=C/C=C/C=C(C)/C=C/C=C(C)/C=C/C=C(\C)CCC=C(C)C. The van der Waals surface area contributed by atoms with Crippen LogP contribution < -0.4 is 0 Å². The van der Waals surface area contributed by atoms with Crippen molar-refractivity contribution in [1.82, 2.24) is 0 Å². The predicted molar refractivity (Wildman–Crippen MR) is 185 cm³/mol. The second kappa shape index (κ2) is 19.1. The summed E-state index contributed by atoms with van der Waals surface area (Å²) in [4.78, 5) is 0. The van der Waals surface area contributed by atoms with Gasteiger partial charge in [-0.15, -0.1) is 0 Å². The molecule has 0 aromatic carbocycles. The van der Waals surface area contributed by atoms with E-state index < -0.39 is 5.60 Å². The highest BCUT2D eigenvalue weighted by Crippen LogP contribution is 2.44. The smallest absolute Gasteiger partial charge is 0.0688 e. The Morgan fingerprint density at radius 3 is 1.66 bits per heavy atom. The van der Waals surface area contributed by atoms with E-state index in [4.69, 9.17) is 0 Å². The van der Waals surface area contributed by atoms with Crippen molar-refractivity contribution < 1.29 is 5.11 Å². The van der Waals surface area contributed by atoms with Gasteiger partial charge in [0, 0.05) is 5.92 Å². The van der Waals surface area contributed by atoms with Gasteiger partial charge in [-0.05, 0) is 93.9 Å². The minimum absolute atomic E-state index is 0.127. The Labute approximate surface area is 252 Å². The van der Waals surface area contributed by atoms with Crippen molar-refractivity contribution >= 4 is 0 Å². The van der Waals surface area contributed by atoms with Crippen molar-refractivity contribution in [2.75, 3.05) is 0 Å². The first-order chi connectivity index (χ1) is 19.3. The summed E-state index contributed by atoms with van der Waals surface area (Å²) < 4.78 is 0. The lowest BCUT2D eigenvalue weighted by atomic mass is 9.83. The maximum absolute atomic E-state index is 10.8. The fraction of sp³-hybridized carbons (Fsp3) is 0.400. The number of hydrogen-bond donors (Lipinski definition) is 1. The molecule has 0 radical (unpaired) electrons. The van der Waals surface area contributed by atoms with E-state index in [0.29, 0.717) is 5.92 Å². The van der Waals surface area contributed by atoms with Gasteiger partial charge in [0.2, 0.25) is 0 Å². The van der Waals surface area contributed by atoms with Crippen LogP contribution in [0.25, 0.3) is 0 Å². The van der Waals surface area contributed by atoms with Gasteiger partial charge in [-0.3, -0.25) is 0 Å². The topological polar surface area (TPSA) is 20.2 Å². The zero-order valence-electron chi connectivity index (χ0n) is 27.4. The molecule has 0 aromatic heterocycles. The highest BCUT2D eigenvalue weighted by Gasteiger charge is 2.42. The molecule has 3 atom stereocenters. The molecule has 0 unspecified atom stereocenters. The summed E-state index contributed by atoms with van der Waals surface area (Å²) in [6.45, 7) is 23.1. The van der Waals surface area contributed by atoms with E-state index in [0.717, 1.165) is 31.3 Å². The van der Waals surface area contributed by atoms with Crippen LogP contribution in [0.15, 0.2) is 143 Å². The molecular formula is C40H56O. The Hall–Kier alpha value is -3.16. The molecule has 1 aliphatic carbocycles. The summed E-state index contributed by atoms with van der Waals surface area (Å²) in [5.74, 6) is 0.485. The molecule has 1 fully saturated rings. The standard InChI is InChI=1S/C40H56O/c1-31(2)17-13-20-35(7)23-15-25-36(8)24-14-21-33(5)18-11-12-19-34(6)22-16-26-37(9)27-28-39-38(32(3)4)29-30-40(39,10)41/h11-12,14-19,21-28,38-39,41H,3,13,20,29-30H2,1-2,4-10H3/b12-11+,21-14+,22-16+,25-15+,28-27+,33-18+,34-19+,35-23+,36-24+,37-26+/t38-,39+,40+/m1/s1. The summed E-state index contributed by atoms with van der Waals surface area (Å²) in [5.41, 5.74) is 8.07. The van der Waals surface area contributed by atoms with Gasteiger partial charge in [0.15, 0.2) is 0 Å². The summed E-state index contributed by atoms with van der Waals surface area (Å²) >= 11 is 0. The first kappa shape index (κ1) is 35.9. The van der Waals surface area contributed by atoms with Crippen molar-refractivity contribution in [2.24, 2.45) is 11.8 Å². The third-order valence-electron chi connectivity index (χ3n) is 7.41. The second-order valence-electron chi connectivity index (χ2n) is 12.2. The van der Waals surface area contributed by atoms with E-state index in [9.17, 15) is 5.11 Å². The lowest BCUT2D eigenvalue weighted by Gasteiger charge is -2.27. The van der Waals surface area contributed by atoms with Gasteiger partial charge >= 0.3 is 0 Å². The molecule has 1 rings (SSSR count). The van der Waals surface area contributed by atoms with Gasteiger partial charge in [0.1, 0.15) is 0 Å². The quantitative estimate of drug-likeness (QED) is 0.168. The molecule has 0 amide bonds. The first-order valence-corrected chi connectivity index (χ1v) is 15.1. The van der Waals surface area contributed by atoms with Crippen LogP contribution in [0.1, 0.15) is 88.0 Å². The van der Waals surface area contributed by atoms with Crippen molar-refractivity contribution in [3.63, 3.8) is 0 Å². The van der Waals surface area contributed by atoms with Crippen LogP contribution in [0, 0.1) is 11.8 Å². The number of hydrogen-bond acceptors (Lipinski definition) is 1. The average molecular weight is 553 g/mol. The van der Waals surface area contributed by atoms with Crippen molar-refractivity contribution in [2.45, 2.75) is 93.6 Å². The molecule has 0 saturated heterocycles. The normalized spacial score (nSPS) is 23.8. The Kier molecular flexibility index (Phi) is 16.7. The third-order valence-corrected chi connectivity index (χ3v) is 7.41. The monoisotopic (exact) mass is 552 g/mol. The number of rotatable bonds is 14. The maximum Gasteiger partial charge on any atom is 0.0688 e. The fourth-order valence-corrected chi connectivity index (χ4v) is 4.75. The highest BCUT2D eigenvalue weighted by molar-refractivity contribution is 5.32. The highest BCUT2D eigenvalue weighted by atomic mass is 16.3. The number of allylic oxidation sites excluding steroid dienone is 22. The predicted octanol–water partition coefficient (Wildman–Crippen LogP) is 11.6. The van der Waals surface area contributed by atoms with Crippen molar-refractivity contribution in [3.05, 3.63) is 143 Å². The van der Waals surface area contributed by atoms with E-state index in [1.807, 2.05) is 6.92 Å². The average Bonchev–Trinajstić information content (AvgIpc) is 3.19. The zero-order valence-corrected chi connectivity index (χ0v) is 27.4. The van der Waals surface area contributed by atoms with Gasteiger partial charge < -0.3 is 5.11 Å². The van der Waals surface area contributed by atoms with E-state index in [1.54, 1.807) is 0 Å². The molecule has 1 nitrogen and oxygen atoms in total. The Morgan fingerprint density at radius 2 is 1.17 bits per heavy atom. The van der Waals surface area contributed by atoms with E-state index in [1.165, 1.54) is 33.4 Å². The molecular weight excluding hydrogens is 496 g/mol. The molecule has 1 saturated carbocycles. The van der Waals surface area contributed by atoms with Gasteiger partial charge in [0.25, 0.3) is 0 Å². The van der Waals surface area contributed by atoms with E-state index >= 15 is 0 Å². The molecule has 0 bridgehead atoms. The van der Waals surface area contributed by atoms with Crippen LogP contribution in [-0.2, 0) is 0 Å². The molecule has 0 aromatic rings. The fourth-order valence-electron chi connectivity index (χ4n) is 4.75.